The second-order valence-corrected chi connectivity index (χ2v) is 12.5. The minimum absolute atomic E-state index is 0.155. The second kappa shape index (κ2) is 9.04. The van der Waals surface area contributed by atoms with E-state index >= 15 is 0 Å². The zero-order valence-corrected chi connectivity index (χ0v) is 20.4. The summed E-state index contributed by atoms with van der Waals surface area (Å²) < 4.78 is 51.5. The summed E-state index contributed by atoms with van der Waals surface area (Å²) in [5.41, 5.74) is 2.94. The van der Waals surface area contributed by atoms with Crippen molar-refractivity contribution in [2.24, 2.45) is 0 Å². The number of sulfonamides is 1. The van der Waals surface area contributed by atoms with Crippen molar-refractivity contribution in [3.63, 3.8) is 0 Å². The largest absolute Gasteiger partial charge is 0.300 e. The van der Waals surface area contributed by atoms with Gasteiger partial charge in [-0.05, 0) is 80.3 Å². The van der Waals surface area contributed by atoms with Crippen LogP contribution in [0, 0.1) is 13.8 Å². The third kappa shape index (κ3) is 4.90. The average Bonchev–Trinajstić information content (AvgIpc) is 3.16. The zero-order chi connectivity index (χ0) is 23.8. The van der Waals surface area contributed by atoms with Gasteiger partial charge in [-0.15, -0.1) is 0 Å². The van der Waals surface area contributed by atoms with Crippen LogP contribution >= 0.6 is 0 Å². The molecule has 0 aromatic heterocycles. The van der Waals surface area contributed by atoms with Crippen LogP contribution in [0.5, 0.6) is 0 Å². The van der Waals surface area contributed by atoms with E-state index in [9.17, 15) is 21.6 Å². The van der Waals surface area contributed by atoms with Crippen LogP contribution < -0.4 is 4.90 Å². The molecule has 0 bridgehead atoms. The van der Waals surface area contributed by atoms with Gasteiger partial charge in [-0.25, -0.2) is 16.8 Å². The van der Waals surface area contributed by atoms with Gasteiger partial charge in [-0.3, -0.25) is 4.79 Å². The molecule has 0 radical (unpaired) electrons. The Morgan fingerprint density at radius 2 is 1.64 bits per heavy atom. The molecular formula is C24H28N2O5S2. The summed E-state index contributed by atoms with van der Waals surface area (Å²) in [6.07, 6.45) is 4.24. The minimum atomic E-state index is -3.60. The van der Waals surface area contributed by atoms with Crippen molar-refractivity contribution in [2.75, 3.05) is 23.7 Å². The summed E-state index contributed by atoms with van der Waals surface area (Å²) in [5, 5.41) is 1.15. The van der Waals surface area contributed by atoms with Crippen LogP contribution in [-0.2, 0) is 19.9 Å². The third-order valence-electron chi connectivity index (χ3n) is 6.28. The van der Waals surface area contributed by atoms with Crippen molar-refractivity contribution in [2.45, 2.75) is 44.0 Å². The van der Waals surface area contributed by atoms with E-state index < -0.39 is 25.9 Å². The van der Waals surface area contributed by atoms with Crippen molar-refractivity contribution >= 4 is 31.5 Å². The molecule has 2 heterocycles. The molecule has 2 aliphatic heterocycles. The van der Waals surface area contributed by atoms with E-state index in [1.165, 1.54) is 39.5 Å². The SMILES string of the molecule is Cc1ccc(N(C(=O)c2ccc(S(=O)(=O)N3CCCCC3)cc2)[C@@H]2C=CS(=O)(=O)C2)cc1C. The highest BCUT2D eigenvalue weighted by Gasteiger charge is 2.33. The number of piperidine rings is 1. The molecule has 4 rings (SSSR count). The lowest BCUT2D eigenvalue weighted by Crippen LogP contribution is -2.41. The van der Waals surface area contributed by atoms with Crippen molar-refractivity contribution in [3.8, 4) is 0 Å². The molecule has 1 amide bonds. The van der Waals surface area contributed by atoms with Crippen molar-refractivity contribution in [1.82, 2.24) is 4.31 Å². The van der Waals surface area contributed by atoms with E-state index in [-0.39, 0.29) is 16.6 Å². The first kappa shape index (κ1) is 23.7. The summed E-state index contributed by atoms with van der Waals surface area (Å²) in [7, 11) is -6.98. The fourth-order valence-electron chi connectivity index (χ4n) is 4.22. The molecule has 0 aliphatic carbocycles. The molecule has 9 heteroatoms. The van der Waals surface area contributed by atoms with Gasteiger partial charge < -0.3 is 4.90 Å². The monoisotopic (exact) mass is 488 g/mol. The van der Waals surface area contributed by atoms with Crippen LogP contribution in [0.15, 0.2) is 58.8 Å². The summed E-state index contributed by atoms with van der Waals surface area (Å²) in [4.78, 5) is 15.2. The molecule has 0 spiro atoms. The Hall–Kier alpha value is -2.49. The molecule has 2 aromatic carbocycles. The highest BCUT2D eigenvalue weighted by molar-refractivity contribution is 7.94. The predicted molar refractivity (Wildman–Crippen MR) is 128 cm³/mol. The fraction of sp³-hybridized carbons (Fsp3) is 0.375. The van der Waals surface area contributed by atoms with Gasteiger partial charge in [-0.1, -0.05) is 12.5 Å². The van der Waals surface area contributed by atoms with Gasteiger partial charge in [0, 0.05) is 29.7 Å². The van der Waals surface area contributed by atoms with Crippen molar-refractivity contribution in [3.05, 3.63) is 70.6 Å². The topological polar surface area (TPSA) is 91.8 Å². The quantitative estimate of drug-likeness (QED) is 0.643. The first-order chi connectivity index (χ1) is 15.6. The summed E-state index contributed by atoms with van der Waals surface area (Å²) in [5.74, 6) is -0.570. The summed E-state index contributed by atoms with van der Waals surface area (Å²) in [6, 6.07) is 10.8. The number of carbonyl (C=O) groups is 1. The minimum Gasteiger partial charge on any atom is -0.300 e. The molecule has 1 saturated heterocycles. The molecular weight excluding hydrogens is 460 g/mol. The zero-order valence-electron chi connectivity index (χ0n) is 18.8. The number of sulfone groups is 1. The average molecular weight is 489 g/mol. The molecule has 176 valence electrons. The second-order valence-electron chi connectivity index (χ2n) is 8.66. The number of benzene rings is 2. The highest BCUT2D eigenvalue weighted by Crippen LogP contribution is 2.28. The molecule has 33 heavy (non-hydrogen) atoms. The van der Waals surface area contributed by atoms with Gasteiger partial charge in [-0.2, -0.15) is 4.31 Å². The summed E-state index contributed by atoms with van der Waals surface area (Å²) >= 11 is 0. The van der Waals surface area contributed by atoms with Crippen molar-refractivity contribution < 1.29 is 21.6 Å². The number of anilines is 1. The molecule has 0 N–H and O–H groups in total. The lowest BCUT2D eigenvalue weighted by atomic mass is 10.1. The summed E-state index contributed by atoms with van der Waals surface area (Å²) in [6.45, 7) is 4.91. The standard InChI is InChI=1S/C24H28N2O5S2/c1-18-6-9-21(16-19(18)2)26(22-12-15-32(28,29)17-22)24(27)20-7-10-23(11-8-20)33(30,31)25-13-4-3-5-14-25/h6-12,15-16,22H,3-5,13-14,17H2,1-2H3/t22-/m1/s1. The molecule has 2 aliphatic rings. The Balaban J connectivity index is 1.66. The van der Waals surface area contributed by atoms with Gasteiger partial charge in [0.15, 0.2) is 9.84 Å². The fourth-order valence-corrected chi connectivity index (χ4v) is 7.00. The lowest BCUT2D eigenvalue weighted by molar-refractivity contribution is 0.0983. The van der Waals surface area contributed by atoms with Crippen molar-refractivity contribution in [1.29, 1.82) is 0 Å². The molecule has 7 nitrogen and oxygen atoms in total. The molecule has 2 aromatic rings. The van der Waals surface area contributed by atoms with Crippen LogP contribution in [0.25, 0.3) is 0 Å². The number of hydrogen-bond acceptors (Lipinski definition) is 5. The maximum absolute atomic E-state index is 13.5. The normalized spacial score (nSPS) is 20.6. The van der Waals surface area contributed by atoms with Crippen LogP contribution in [0.4, 0.5) is 5.69 Å². The first-order valence-corrected chi connectivity index (χ1v) is 14.2. The van der Waals surface area contributed by atoms with E-state index in [0.717, 1.165) is 35.8 Å². The van der Waals surface area contributed by atoms with Gasteiger partial charge >= 0.3 is 0 Å². The number of carbonyl (C=O) groups excluding carboxylic acids is 1. The third-order valence-corrected chi connectivity index (χ3v) is 9.58. The number of amides is 1. The number of rotatable bonds is 5. The molecule has 0 saturated carbocycles. The molecule has 0 unspecified atom stereocenters. The Bertz CT molecular complexity index is 1290. The Morgan fingerprint density at radius 1 is 0.970 bits per heavy atom. The smallest absolute Gasteiger partial charge is 0.258 e. The maximum Gasteiger partial charge on any atom is 0.258 e. The lowest BCUT2D eigenvalue weighted by Gasteiger charge is -2.29. The number of aryl methyl sites for hydroxylation is 2. The van der Waals surface area contributed by atoms with E-state index in [1.807, 2.05) is 26.0 Å². The van der Waals surface area contributed by atoms with Gasteiger partial charge in [0.05, 0.1) is 16.7 Å². The first-order valence-electron chi connectivity index (χ1n) is 11.0. The molecule has 1 fully saturated rings. The Morgan fingerprint density at radius 3 is 2.21 bits per heavy atom. The van der Waals surface area contributed by atoms with Gasteiger partial charge in [0.2, 0.25) is 10.0 Å². The van der Waals surface area contributed by atoms with Crippen LogP contribution in [0.1, 0.15) is 40.7 Å². The Labute approximate surface area is 195 Å². The number of hydrogen-bond donors (Lipinski definition) is 0. The highest BCUT2D eigenvalue weighted by atomic mass is 32.2. The van der Waals surface area contributed by atoms with E-state index in [4.69, 9.17) is 0 Å². The Kier molecular flexibility index (Phi) is 6.48. The van der Waals surface area contributed by atoms with E-state index in [1.54, 1.807) is 6.07 Å². The maximum atomic E-state index is 13.5. The van der Waals surface area contributed by atoms with Crippen LogP contribution in [-0.4, -0.2) is 51.9 Å². The van der Waals surface area contributed by atoms with Gasteiger partial charge in [0.25, 0.3) is 5.91 Å². The predicted octanol–water partition coefficient (Wildman–Crippen LogP) is 3.44. The number of nitrogens with zero attached hydrogens (tertiary/aromatic N) is 2. The van der Waals surface area contributed by atoms with E-state index in [0.29, 0.717) is 24.3 Å². The van der Waals surface area contributed by atoms with Crippen LogP contribution in [0.3, 0.4) is 0 Å². The molecule has 1 atom stereocenters. The van der Waals surface area contributed by atoms with Gasteiger partial charge in [0.1, 0.15) is 0 Å². The van der Waals surface area contributed by atoms with Crippen LogP contribution in [0.2, 0.25) is 0 Å². The van der Waals surface area contributed by atoms with E-state index in [2.05, 4.69) is 0 Å².